The molecule has 2 saturated carbocycles. The topological polar surface area (TPSA) is 79.0 Å². The molecule has 1 heterocycles. The fraction of sp³-hybridized carbons (Fsp3) is 0.667. The monoisotopic (exact) mass is 421 g/mol. The van der Waals surface area contributed by atoms with Crippen LogP contribution in [0.15, 0.2) is 23.1 Å². The van der Waals surface area contributed by atoms with Gasteiger partial charge in [-0.05, 0) is 49.8 Å². The predicted molar refractivity (Wildman–Crippen MR) is 111 cm³/mol. The number of nitrogens with one attached hydrogen (secondary N) is 1. The number of ether oxygens (including phenoxy) is 1. The Kier molecular flexibility index (Phi) is 6.13. The van der Waals surface area contributed by atoms with Gasteiger partial charge >= 0.3 is 0 Å². The van der Waals surface area contributed by atoms with Gasteiger partial charge in [0.05, 0.1) is 7.11 Å². The van der Waals surface area contributed by atoms with Gasteiger partial charge in [-0.3, -0.25) is 9.69 Å². The Morgan fingerprint density at radius 2 is 1.79 bits per heavy atom. The number of methoxy groups -OCH3 is 1. The smallest absolute Gasteiger partial charge is 0.253 e. The number of nitrogens with zero attached hydrogens (tertiary/aromatic N) is 2. The number of benzene rings is 1. The van der Waals surface area contributed by atoms with Crippen molar-refractivity contribution in [2.24, 2.45) is 5.92 Å². The molecule has 4 rings (SSSR count). The van der Waals surface area contributed by atoms with E-state index >= 15 is 0 Å². The zero-order valence-electron chi connectivity index (χ0n) is 17.1. The van der Waals surface area contributed by atoms with Crippen LogP contribution in [0, 0.1) is 5.92 Å². The summed E-state index contributed by atoms with van der Waals surface area (Å²) in [5, 5.41) is 0. The second kappa shape index (κ2) is 8.62. The lowest BCUT2D eigenvalue weighted by molar-refractivity contribution is 0.0631. The molecule has 1 aromatic carbocycles. The first-order valence-electron chi connectivity index (χ1n) is 10.7. The number of sulfonamides is 1. The van der Waals surface area contributed by atoms with Gasteiger partial charge < -0.3 is 9.64 Å². The van der Waals surface area contributed by atoms with Gasteiger partial charge in [0.15, 0.2) is 0 Å². The molecule has 160 valence electrons. The molecular formula is C21H31N3O4S. The van der Waals surface area contributed by atoms with Crippen LogP contribution < -0.4 is 9.46 Å². The van der Waals surface area contributed by atoms with Crippen LogP contribution in [0.3, 0.4) is 0 Å². The summed E-state index contributed by atoms with van der Waals surface area (Å²) in [5.41, 5.74) is 0.397. The molecule has 0 spiro atoms. The molecule has 1 amide bonds. The van der Waals surface area contributed by atoms with Crippen molar-refractivity contribution in [2.45, 2.75) is 49.5 Å². The Morgan fingerprint density at radius 1 is 1.10 bits per heavy atom. The summed E-state index contributed by atoms with van der Waals surface area (Å²) in [7, 11) is -2.29. The molecular weight excluding hydrogens is 390 g/mol. The van der Waals surface area contributed by atoms with Crippen molar-refractivity contribution in [1.82, 2.24) is 14.5 Å². The number of rotatable bonds is 7. The molecule has 2 aliphatic carbocycles. The maximum atomic E-state index is 13.0. The summed E-state index contributed by atoms with van der Waals surface area (Å²) < 4.78 is 34.0. The molecule has 3 fully saturated rings. The third-order valence-electron chi connectivity index (χ3n) is 6.25. The van der Waals surface area contributed by atoms with E-state index in [1.165, 1.54) is 26.0 Å². The first-order valence-corrected chi connectivity index (χ1v) is 12.2. The van der Waals surface area contributed by atoms with E-state index in [1.54, 1.807) is 12.1 Å². The standard InChI is InChI=1S/C21H31N3O4S/c1-28-19-9-8-17(14-20(19)29(26,27)22-18-4-2-3-5-18)21(25)24-12-10-23(11-13-24)15-16-6-7-16/h8-9,14,16,18,22H,2-7,10-13,15H2,1H3. The molecule has 0 atom stereocenters. The van der Waals surface area contributed by atoms with Gasteiger partial charge in [-0.25, -0.2) is 13.1 Å². The van der Waals surface area contributed by atoms with Crippen LogP contribution in [0.5, 0.6) is 5.75 Å². The first-order chi connectivity index (χ1) is 14.0. The summed E-state index contributed by atoms with van der Waals surface area (Å²) in [4.78, 5) is 17.3. The van der Waals surface area contributed by atoms with Crippen molar-refractivity contribution in [3.8, 4) is 5.75 Å². The van der Waals surface area contributed by atoms with Crippen molar-refractivity contribution in [3.63, 3.8) is 0 Å². The molecule has 8 heteroatoms. The summed E-state index contributed by atoms with van der Waals surface area (Å²) in [6, 6.07) is 4.67. The molecule has 1 saturated heterocycles. The minimum Gasteiger partial charge on any atom is -0.495 e. The molecule has 0 bridgehead atoms. The molecule has 1 aromatic rings. The number of carbonyl (C=O) groups excluding carboxylic acids is 1. The lowest BCUT2D eigenvalue weighted by Gasteiger charge is -2.35. The highest BCUT2D eigenvalue weighted by atomic mass is 32.2. The van der Waals surface area contributed by atoms with Crippen molar-refractivity contribution >= 4 is 15.9 Å². The largest absolute Gasteiger partial charge is 0.495 e. The van der Waals surface area contributed by atoms with E-state index in [0.717, 1.165) is 51.2 Å². The van der Waals surface area contributed by atoms with Crippen molar-refractivity contribution in [3.05, 3.63) is 23.8 Å². The maximum Gasteiger partial charge on any atom is 0.253 e. The van der Waals surface area contributed by atoms with Crippen LogP contribution >= 0.6 is 0 Å². The number of hydrogen-bond acceptors (Lipinski definition) is 5. The van der Waals surface area contributed by atoms with Gasteiger partial charge in [0.1, 0.15) is 10.6 Å². The van der Waals surface area contributed by atoms with Gasteiger partial charge in [-0.1, -0.05) is 12.8 Å². The van der Waals surface area contributed by atoms with Gasteiger partial charge in [0.25, 0.3) is 5.91 Å². The second-order valence-electron chi connectivity index (χ2n) is 8.50. The van der Waals surface area contributed by atoms with E-state index < -0.39 is 10.0 Å². The number of piperazine rings is 1. The van der Waals surface area contributed by atoms with Crippen LogP contribution in [0.25, 0.3) is 0 Å². The average molecular weight is 422 g/mol. The van der Waals surface area contributed by atoms with Crippen LogP contribution in [0.1, 0.15) is 48.9 Å². The van der Waals surface area contributed by atoms with Crippen molar-refractivity contribution in [1.29, 1.82) is 0 Å². The van der Waals surface area contributed by atoms with Gasteiger partial charge in [0, 0.05) is 44.3 Å². The molecule has 0 unspecified atom stereocenters. The van der Waals surface area contributed by atoms with E-state index in [4.69, 9.17) is 4.74 Å². The minimum atomic E-state index is -3.74. The van der Waals surface area contributed by atoms with Gasteiger partial charge in [0.2, 0.25) is 10.0 Å². The second-order valence-corrected chi connectivity index (χ2v) is 10.2. The maximum absolute atomic E-state index is 13.0. The zero-order valence-corrected chi connectivity index (χ0v) is 17.9. The third-order valence-corrected chi connectivity index (χ3v) is 7.79. The van der Waals surface area contributed by atoms with Crippen LogP contribution in [0.4, 0.5) is 0 Å². The fourth-order valence-corrected chi connectivity index (χ4v) is 5.83. The van der Waals surface area contributed by atoms with E-state index in [0.29, 0.717) is 18.7 Å². The summed E-state index contributed by atoms with van der Waals surface area (Å²) in [6.45, 7) is 4.26. The molecule has 3 aliphatic rings. The Morgan fingerprint density at radius 3 is 2.41 bits per heavy atom. The Labute approximate surface area is 173 Å². The number of carbonyl (C=O) groups is 1. The lowest BCUT2D eigenvalue weighted by Crippen LogP contribution is -2.49. The highest BCUT2D eigenvalue weighted by Gasteiger charge is 2.30. The van der Waals surface area contributed by atoms with Crippen molar-refractivity contribution in [2.75, 3.05) is 39.8 Å². The molecule has 1 N–H and O–H groups in total. The third kappa shape index (κ3) is 4.92. The molecule has 0 aromatic heterocycles. The minimum absolute atomic E-state index is 0.0383. The predicted octanol–water partition coefficient (Wildman–Crippen LogP) is 2.08. The molecule has 7 nitrogen and oxygen atoms in total. The van der Waals surface area contributed by atoms with Crippen molar-refractivity contribution < 1.29 is 17.9 Å². The first kappa shape index (κ1) is 20.6. The van der Waals surface area contributed by atoms with Crippen LogP contribution in [-0.2, 0) is 10.0 Å². The number of hydrogen-bond donors (Lipinski definition) is 1. The lowest BCUT2D eigenvalue weighted by atomic mass is 10.1. The Hall–Kier alpha value is -1.64. The number of amides is 1. The van der Waals surface area contributed by atoms with E-state index in [9.17, 15) is 13.2 Å². The Bertz CT molecular complexity index is 839. The summed E-state index contributed by atoms with van der Waals surface area (Å²) in [5.74, 6) is 0.997. The van der Waals surface area contributed by atoms with E-state index in [-0.39, 0.29) is 22.6 Å². The Balaban J connectivity index is 1.47. The quantitative estimate of drug-likeness (QED) is 0.729. The summed E-state index contributed by atoms with van der Waals surface area (Å²) >= 11 is 0. The zero-order chi connectivity index (χ0) is 20.4. The van der Waals surface area contributed by atoms with Gasteiger partial charge in [-0.15, -0.1) is 0 Å². The van der Waals surface area contributed by atoms with E-state index in [1.807, 2.05) is 4.90 Å². The molecule has 0 radical (unpaired) electrons. The highest BCUT2D eigenvalue weighted by Crippen LogP contribution is 2.30. The average Bonchev–Trinajstić information content (AvgIpc) is 3.40. The fourth-order valence-electron chi connectivity index (χ4n) is 4.33. The molecule has 29 heavy (non-hydrogen) atoms. The van der Waals surface area contributed by atoms with Gasteiger partial charge in [-0.2, -0.15) is 0 Å². The molecule has 1 aliphatic heterocycles. The SMILES string of the molecule is COc1ccc(C(=O)N2CCN(CC3CC3)CC2)cc1S(=O)(=O)NC1CCCC1. The normalized spacial score (nSPS) is 21.5. The highest BCUT2D eigenvalue weighted by molar-refractivity contribution is 7.89. The van der Waals surface area contributed by atoms with Crippen LogP contribution in [0.2, 0.25) is 0 Å². The van der Waals surface area contributed by atoms with Crippen LogP contribution in [-0.4, -0.2) is 70.0 Å². The summed E-state index contributed by atoms with van der Waals surface area (Å²) in [6.07, 6.45) is 6.44. The van der Waals surface area contributed by atoms with E-state index in [2.05, 4.69) is 9.62 Å².